The molecule has 0 aliphatic heterocycles. The molecule has 0 spiro atoms. The van der Waals surface area contributed by atoms with Gasteiger partial charge in [0, 0.05) is 22.6 Å². The Morgan fingerprint density at radius 3 is 2.23 bits per heavy atom. The van der Waals surface area contributed by atoms with Crippen molar-refractivity contribution < 1.29 is 18.0 Å². The van der Waals surface area contributed by atoms with E-state index >= 15 is 0 Å². The quantitative estimate of drug-likeness (QED) is 0.310. The van der Waals surface area contributed by atoms with E-state index in [4.69, 9.17) is 23.2 Å². The van der Waals surface area contributed by atoms with Crippen LogP contribution in [0.3, 0.4) is 0 Å². The first-order valence-electron chi connectivity index (χ1n) is 13.2. The van der Waals surface area contributed by atoms with Gasteiger partial charge in [-0.1, -0.05) is 65.9 Å². The Hall–Kier alpha value is -3.07. The van der Waals surface area contributed by atoms with Gasteiger partial charge in [0.15, 0.2) is 0 Å². The second kappa shape index (κ2) is 13.1. The van der Waals surface area contributed by atoms with Gasteiger partial charge in [-0.3, -0.25) is 13.9 Å². The van der Waals surface area contributed by atoms with Gasteiger partial charge in [-0.05, 0) is 80.8 Å². The van der Waals surface area contributed by atoms with E-state index in [0.717, 1.165) is 41.1 Å². The minimum absolute atomic E-state index is 0.0502. The van der Waals surface area contributed by atoms with Gasteiger partial charge >= 0.3 is 0 Å². The molecule has 3 aromatic carbocycles. The molecule has 2 amide bonds. The first kappa shape index (κ1) is 29.9. The molecule has 40 heavy (non-hydrogen) atoms. The standard InChI is InChI=1S/C30H33Cl2N3O4S/c1-21-10-16-28(17-11-21)40(38,39)35(27-14-12-24(31)13-15-27)20-29(36)34(19-23-6-5-7-25(32)18-23)22(2)30(37)33-26-8-3-4-9-26/h5-7,10-18,22,26H,3-4,8-9,19-20H2,1-2H3,(H,33,37)/t22-/m0/s1. The predicted octanol–water partition coefficient (Wildman–Crippen LogP) is 5.97. The van der Waals surface area contributed by atoms with Gasteiger partial charge in [-0.15, -0.1) is 0 Å². The fourth-order valence-electron chi connectivity index (χ4n) is 4.78. The lowest BCUT2D eigenvalue weighted by atomic mass is 10.1. The van der Waals surface area contributed by atoms with E-state index in [9.17, 15) is 18.0 Å². The van der Waals surface area contributed by atoms with Gasteiger partial charge < -0.3 is 10.2 Å². The van der Waals surface area contributed by atoms with E-state index in [1.165, 1.54) is 17.0 Å². The van der Waals surface area contributed by atoms with E-state index in [1.807, 2.05) is 13.0 Å². The van der Waals surface area contributed by atoms with Gasteiger partial charge in [0.1, 0.15) is 12.6 Å². The maximum absolute atomic E-state index is 14.0. The Balaban J connectivity index is 1.68. The summed E-state index contributed by atoms with van der Waals surface area (Å²) < 4.78 is 28.8. The first-order valence-corrected chi connectivity index (χ1v) is 15.4. The Labute approximate surface area is 246 Å². The van der Waals surface area contributed by atoms with Crippen molar-refractivity contribution in [1.82, 2.24) is 10.2 Å². The van der Waals surface area contributed by atoms with E-state index in [1.54, 1.807) is 61.5 Å². The minimum atomic E-state index is -4.14. The van der Waals surface area contributed by atoms with Gasteiger partial charge in [-0.2, -0.15) is 0 Å². The highest BCUT2D eigenvalue weighted by Crippen LogP contribution is 2.27. The molecule has 0 heterocycles. The van der Waals surface area contributed by atoms with Crippen LogP contribution in [0.4, 0.5) is 5.69 Å². The summed E-state index contributed by atoms with van der Waals surface area (Å²) in [7, 11) is -4.14. The van der Waals surface area contributed by atoms with E-state index in [2.05, 4.69) is 5.32 Å². The van der Waals surface area contributed by atoms with Gasteiger partial charge in [-0.25, -0.2) is 8.42 Å². The molecular weight excluding hydrogens is 569 g/mol. The summed E-state index contributed by atoms with van der Waals surface area (Å²) in [5, 5.41) is 3.99. The van der Waals surface area contributed by atoms with Crippen molar-refractivity contribution in [3.8, 4) is 0 Å². The van der Waals surface area contributed by atoms with Crippen LogP contribution >= 0.6 is 23.2 Å². The molecule has 1 aliphatic carbocycles. The van der Waals surface area contributed by atoms with Gasteiger partial charge in [0.2, 0.25) is 11.8 Å². The van der Waals surface area contributed by atoms with Crippen LogP contribution in [-0.2, 0) is 26.2 Å². The summed E-state index contributed by atoms with van der Waals surface area (Å²) in [4.78, 5) is 28.7. The van der Waals surface area contributed by atoms with Crippen LogP contribution in [0, 0.1) is 6.92 Å². The lowest BCUT2D eigenvalue weighted by Gasteiger charge is -2.32. The SMILES string of the molecule is Cc1ccc(S(=O)(=O)N(CC(=O)N(Cc2cccc(Cl)c2)[C@@H](C)C(=O)NC2CCCC2)c2ccc(Cl)cc2)cc1. The smallest absolute Gasteiger partial charge is 0.264 e. The molecule has 1 N–H and O–H groups in total. The summed E-state index contributed by atoms with van der Waals surface area (Å²) in [6.45, 7) is 3.09. The number of carbonyl (C=O) groups is 2. The average molecular weight is 603 g/mol. The summed E-state index contributed by atoms with van der Waals surface area (Å²) in [6.07, 6.45) is 3.91. The van der Waals surface area contributed by atoms with E-state index in [-0.39, 0.29) is 29.1 Å². The van der Waals surface area contributed by atoms with Crippen molar-refractivity contribution >= 4 is 50.7 Å². The molecule has 10 heteroatoms. The van der Waals surface area contributed by atoms with Crippen molar-refractivity contribution in [2.45, 2.75) is 63.1 Å². The number of amides is 2. The second-order valence-electron chi connectivity index (χ2n) is 10.1. The first-order chi connectivity index (χ1) is 19.0. The average Bonchev–Trinajstić information content (AvgIpc) is 3.44. The van der Waals surface area contributed by atoms with E-state index < -0.39 is 28.5 Å². The number of aryl methyl sites for hydroxylation is 1. The highest BCUT2D eigenvalue weighted by molar-refractivity contribution is 7.92. The molecule has 1 saturated carbocycles. The minimum Gasteiger partial charge on any atom is -0.352 e. The number of halogens is 2. The normalized spacial score (nSPS) is 14.5. The predicted molar refractivity (Wildman–Crippen MR) is 159 cm³/mol. The highest BCUT2D eigenvalue weighted by atomic mass is 35.5. The summed E-state index contributed by atoms with van der Waals surface area (Å²) in [5.74, 6) is -0.804. The number of hydrogen-bond donors (Lipinski definition) is 1. The van der Waals surface area contributed by atoms with Crippen molar-refractivity contribution in [1.29, 1.82) is 0 Å². The molecule has 7 nitrogen and oxygen atoms in total. The molecule has 0 bridgehead atoms. The Kier molecular flexibility index (Phi) is 9.77. The number of benzene rings is 3. The van der Waals surface area contributed by atoms with Gasteiger partial charge in [0.25, 0.3) is 10.0 Å². The van der Waals surface area contributed by atoms with Crippen molar-refractivity contribution in [2.75, 3.05) is 10.8 Å². The molecule has 0 saturated heterocycles. The van der Waals surface area contributed by atoms with Crippen LogP contribution in [0.2, 0.25) is 10.0 Å². The van der Waals surface area contributed by atoms with Crippen LogP contribution < -0.4 is 9.62 Å². The van der Waals surface area contributed by atoms with Crippen molar-refractivity contribution in [3.05, 3.63) is 94.0 Å². The fourth-order valence-corrected chi connectivity index (χ4v) is 6.53. The van der Waals surface area contributed by atoms with Crippen molar-refractivity contribution in [2.24, 2.45) is 0 Å². The number of nitrogens with zero attached hydrogens (tertiary/aromatic N) is 2. The molecule has 212 valence electrons. The Morgan fingerprint density at radius 2 is 1.60 bits per heavy atom. The van der Waals surface area contributed by atoms with Crippen LogP contribution in [-0.4, -0.2) is 43.8 Å². The number of sulfonamides is 1. The number of rotatable bonds is 10. The molecule has 0 aromatic heterocycles. The Bertz CT molecular complexity index is 1440. The number of hydrogen-bond acceptors (Lipinski definition) is 4. The molecule has 1 aliphatic rings. The van der Waals surface area contributed by atoms with Crippen LogP contribution in [0.1, 0.15) is 43.7 Å². The highest BCUT2D eigenvalue weighted by Gasteiger charge is 2.33. The number of anilines is 1. The zero-order valence-electron chi connectivity index (χ0n) is 22.5. The molecule has 3 aromatic rings. The summed E-state index contributed by atoms with van der Waals surface area (Å²) >= 11 is 12.3. The molecule has 0 radical (unpaired) electrons. The molecule has 1 atom stereocenters. The third-order valence-electron chi connectivity index (χ3n) is 7.11. The molecule has 0 unspecified atom stereocenters. The summed E-state index contributed by atoms with van der Waals surface area (Å²) in [6, 6.07) is 18.9. The maximum atomic E-state index is 14.0. The molecule has 4 rings (SSSR count). The summed E-state index contributed by atoms with van der Waals surface area (Å²) in [5.41, 5.74) is 1.91. The number of carbonyl (C=O) groups excluding carboxylic acids is 2. The molecular formula is C30H33Cl2N3O4S. The largest absolute Gasteiger partial charge is 0.352 e. The van der Waals surface area contributed by atoms with Crippen LogP contribution in [0.15, 0.2) is 77.7 Å². The van der Waals surface area contributed by atoms with Crippen LogP contribution in [0.5, 0.6) is 0 Å². The van der Waals surface area contributed by atoms with Crippen molar-refractivity contribution in [3.63, 3.8) is 0 Å². The lowest BCUT2D eigenvalue weighted by molar-refractivity contribution is -0.139. The lowest BCUT2D eigenvalue weighted by Crippen LogP contribution is -2.52. The third kappa shape index (κ3) is 7.36. The van der Waals surface area contributed by atoms with Gasteiger partial charge in [0.05, 0.1) is 10.6 Å². The zero-order chi connectivity index (χ0) is 28.9. The topological polar surface area (TPSA) is 86.8 Å². The van der Waals surface area contributed by atoms with E-state index in [0.29, 0.717) is 10.0 Å². The second-order valence-corrected chi connectivity index (χ2v) is 12.9. The third-order valence-corrected chi connectivity index (χ3v) is 9.39. The Morgan fingerprint density at radius 1 is 0.950 bits per heavy atom. The van der Waals surface area contributed by atoms with Crippen LogP contribution in [0.25, 0.3) is 0 Å². The fraction of sp³-hybridized carbons (Fsp3) is 0.333. The monoisotopic (exact) mass is 601 g/mol. The zero-order valence-corrected chi connectivity index (χ0v) is 24.8. The molecule has 1 fully saturated rings. The number of nitrogens with one attached hydrogen (secondary N) is 1. The maximum Gasteiger partial charge on any atom is 0.264 e.